The zero-order valence-corrected chi connectivity index (χ0v) is 12.1. The van der Waals surface area contributed by atoms with E-state index in [4.69, 9.17) is 4.42 Å². The van der Waals surface area contributed by atoms with Gasteiger partial charge in [-0.25, -0.2) is 0 Å². The van der Waals surface area contributed by atoms with Crippen LogP contribution in [0.15, 0.2) is 46.9 Å². The average molecular weight is 282 g/mol. The van der Waals surface area contributed by atoms with E-state index in [1.807, 2.05) is 32.0 Å². The van der Waals surface area contributed by atoms with Crippen LogP contribution < -0.4 is 10.6 Å². The van der Waals surface area contributed by atoms with E-state index in [9.17, 15) is 0 Å². The standard InChI is InChI=1S/C16H18N4O/c1-3-17-11(2)15-19-20-16(21-15)18-14-9-8-12-6-4-5-7-13(12)10-14/h4-11,17H,3H2,1-2H3,(H,18,20). The van der Waals surface area contributed by atoms with Crippen molar-refractivity contribution in [2.75, 3.05) is 11.9 Å². The van der Waals surface area contributed by atoms with Gasteiger partial charge in [-0.2, -0.15) is 0 Å². The van der Waals surface area contributed by atoms with Crippen LogP contribution in [0.2, 0.25) is 0 Å². The van der Waals surface area contributed by atoms with Gasteiger partial charge in [0.05, 0.1) is 6.04 Å². The van der Waals surface area contributed by atoms with Gasteiger partial charge in [-0.1, -0.05) is 42.4 Å². The molecule has 3 rings (SSSR count). The van der Waals surface area contributed by atoms with E-state index < -0.39 is 0 Å². The first kappa shape index (κ1) is 13.6. The highest BCUT2D eigenvalue weighted by Gasteiger charge is 2.12. The van der Waals surface area contributed by atoms with Gasteiger partial charge in [0.15, 0.2) is 0 Å². The van der Waals surface area contributed by atoms with Gasteiger partial charge in [-0.15, -0.1) is 5.10 Å². The lowest BCUT2D eigenvalue weighted by Crippen LogP contribution is -2.17. The molecule has 0 aliphatic carbocycles. The second kappa shape index (κ2) is 5.93. The fourth-order valence-electron chi connectivity index (χ4n) is 2.24. The maximum absolute atomic E-state index is 5.62. The van der Waals surface area contributed by atoms with Crippen molar-refractivity contribution in [2.45, 2.75) is 19.9 Å². The Bertz CT molecular complexity index is 738. The summed E-state index contributed by atoms with van der Waals surface area (Å²) in [5.74, 6) is 0.583. The summed E-state index contributed by atoms with van der Waals surface area (Å²) in [7, 11) is 0. The van der Waals surface area contributed by atoms with Crippen LogP contribution in [0.4, 0.5) is 11.7 Å². The Morgan fingerprint density at radius 3 is 2.71 bits per heavy atom. The topological polar surface area (TPSA) is 63.0 Å². The van der Waals surface area contributed by atoms with E-state index in [2.05, 4.69) is 45.1 Å². The first-order valence-electron chi connectivity index (χ1n) is 7.09. The third-order valence-corrected chi connectivity index (χ3v) is 3.32. The van der Waals surface area contributed by atoms with Crippen LogP contribution in [-0.2, 0) is 0 Å². The minimum absolute atomic E-state index is 0.0506. The van der Waals surface area contributed by atoms with Crippen LogP contribution >= 0.6 is 0 Å². The summed E-state index contributed by atoms with van der Waals surface area (Å²) >= 11 is 0. The molecule has 1 aromatic heterocycles. The number of nitrogens with one attached hydrogen (secondary N) is 2. The quantitative estimate of drug-likeness (QED) is 0.748. The highest BCUT2D eigenvalue weighted by atomic mass is 16.4. The second-order valence-corrected chi connectivity index (χ2v) is 4.91. The van der Waals surface area contributed by atoms with Crippen LogP contribution in [0, 0.1) is 0 Å². The predicted octanol–water partition coefficient (Wildman–Crippen LogP) is 3.64. The molecule has 3 aromatic rings. The van der Waals surface area contributed by atoms with Crippen molar-refractivity contribution in [1.29, 1.82) is 0 Å². The van der Waals surface area contributed by atoms with Gasteiger partial charge in [0, 0.05) is 5.69 Å². The molecule has 0 bridgehead atoms. The van der Waals surface area contributed by atoms with Crippen LogP contribution in [0.1, 0.15) is 25.8 Å². The van der Waals surface area contributed by atoms with Gasteiger partial charge in [0.25, 0.3) is 0 Å². The molecule has 5 nitrogen and oxygen atoms in total. The van der Waals surface area contributed by atoms with Gasteiger partial charge in [0.2, 0.25) is 5.89 Å². The summed E-state index contributed by atoms with van der Waals surface area (Å²) in [4.78, 5) is 0. The maximum Gasteiger partial charge on any atom is 0.320 e. The number of benzene rings is 2. The lowest BCUT2D eigenvalue weighted by Gasteiger charge is -2.06. The van der Waals surface area contributed by atoms with Gasteiger partial charge >= 0.3 is 6.01 Å². The molecule has 0 aliphatic heterocycles. The zero-order chi connectivity index (χ0) is 14.7. The van der Waals surface area contributed by atoms with Crippen molar-refractivity contribution in [3.8, 4) is 0 Å². The number of aromatic nitrogens is 2. The largest absolute Gasteiger partial charge is 0.406 e. The average Bonchev–Trinajstić information content (AvgIpc) is 2.96. The molecule has 0 radical (unpaired) electrons. The Kier molecular flexibility index (Phi) is 3.83. The van der Waals surface area contributed by atoms with Crippen LogP contribution in [0.25, 0.3) is 10.8 Å². The predicted molar refractivity (Wildman–Crippen MR) is 83.6 cm³/mol. The van der Waals surface area contributed by atoms with E-state index in [0.717, 1.165) is 12.2 Å². The summed E-state index contributed by atoms with van der Waals surface area (Å²) in [6, 6.07) is 14.8. The fourth-order valence-corrected chi connectivity index (χ4v) is 2.24. The summed E-state index contributed by atoms with van der Waals surface area (Å²) < 4.78 is 5.62. The van der Waals surface area contributed by atoms with E-state index >= 15 is 0 Å². The van der Waals surface area contributed by atoms with Crippen molar-refractivity contribution in [3.05, 3.63) is 48.4 Å². The van der Waals surface area contributed by atoms with Crippen LogP contribution in [-0.4, -0.2) is 16.7 Å². The van der Waals surface area contributed by atoms with E-state index in [0.29, 0.717) is 11.9 Å². The van der Waals surface area contributed by atoms with E-state index in [1.165, 1.54) is 10.8 Å². The summed E-state index contributed by atoms with van der Waals surface area (Å²) in [5.41, 5.74) is 0.931. The molecule has 0 amide bonds. The number of rotatable bonds is 5. The molecule has 1 heterocycles. The van der Waals surface area contributed by atoms with E-state index in [1.54, 1.807) is 0 Å². The van der Waals surface area contributed by atoms with Crippen molar-refractivity contribution in [3.63, 3.8) is 0 Å². The van der Waals surface area contributed by atoms with Gasteiger partial charge in [0.1, 0.15) is 0 Å². The van der Waals surface area contributed by atoms with Crippen LogP contribution in [0.3, 0.4) is 0 Å². The number of hydrogen-bond acceptors (Lipinski definition) is 5. The van der Waals surface area contributed by atoms with Crippen LogP contribution in [0.5, 0.6) is 0 Å². The smallest absolute Gasteiger partial charge is 0.320 e. The molecule has 5 heteroatoms. The van der Waals surface area contributed by atoms with Crippen molar-refractivity contribution < 1.29 is 4.42 Å². The molecular formula is C16H18N4O. The third kappa shape index (κ3) is 3.03. The Morgan fingerprint density at radius 1 is 1.10 bits per heavy atom. The van der Waals surface area contributed by atoms with Gasteiger partial charge in [-0.3, -0.25) is 0 Å². The van der Waals surface area contributed by atoms with Crippen molar-refractivity contribution in [2.24, 2.45) is 0 Å². The minimum atomic E-state index is 0.0506. The molecule has 108 valence electrons. The lowest BCUT2D eigenvalue weighted by molar-refractivity contribution is 0.430. The summed E-state index contributed by atoms with van der Waals surface area (Å²) in [5, 5.41) is 16.8. The molecule has 0 aliphatic rings. The van der Waals surface area contributed by atoms with Crippen molar-refractivity contribution in [1.82, 2.24) is 15.5 Å². The number of fused-ring (bicyclic) bond motifs is 1. The molecule has 0 spiro atoms. The Morgan fingerprint density at radius 2 is 1.90 bits per heavy atom. The molecule has 1 atom stereocenters. The molecule has 21 heavy (non-hydrogen) atoms. The lowest BCUT2D eigenvalue weighted by atomic mass is 10.1. The molecular weight excluding hydrogens is 264 g/mol. The zero-order valence-electron chi connectivity index (χ0n) is 12.1. The molecule has 0 saturated carbocycles. The highest BCUT2D eigenvalue weighted by Crippen LogP contribution is 2.22. The number of hydrogen-bond donors (Lipinski definition) is 2. The fraction of sp³-hybridized carbons (Fsp3) is 0.250. The molecule has 1 unspecified atom stereocenters. The minimum Gasteiger partial charge on any atom is -0.406 e. The summed E-state index contributed by atoms with van der Waals surface area (Å²) in [6.45, 7) is 4.90. The van der Waals surface area contributed by atoms with Gasteiger partial charge < -0.3 is 15.1 Å². The second-order valence-electron chi connectivity index (χ2n) is 4.91. The monoisotopic (exact) mass is 282 g/mol. The normalized spacial score (nSPS) is 12.5. The number of nitrogens with zero attached hydrogens (tertiary/aromatic N) is 2. The summed E-state index contributed by atoms with van der Waals surface area (Å²) in [6.07, 6.45) is 0. The Balaban J connectivity index is 1.78. The molecule has 0 saturated heterocycles. The Labute approximate surface area is 123 Å². The Hall–Kier alpha value is -2.40. The van der Waals surface area contributed by atoms with Crippen molar-refractivity contribution >= 4 is 22.5 Å². The first-order chi connectivity index (χ1) is 10.3. The highest BCUT2D eigenvalue weighted by molar-refractivity contribution is 5.86. The third-order valence-electron chi connectivity index (χ3n) is 3.32. The molecule has 2 aromatic carbocycles. The SMILES string of the molecule is CCNC(C)c1nnc(Nc2ccc3ccccc3c2)o1. The maximum atomic E-state index is 5.62. The van der Waals surface area contributed by atoms with E-state index in [-0.39, 0.29) is 6.04 Å². The number of anilines is 2. The first-order valence-corrected chi connectivity index (χ1v) is 7.09. The molecule has 2 N–H and O–H groups in total. The van der Waals surface area contributed by atoms with Gasteiger partial charge in [-0.05, 0) is 36.4 Å². The molecule has 0 fully saturated rings.